The van der Waals surface area contributed by atoms with Gasteiger partial charge >= 0.3 is 0 Å². The number of hydrogen-bond acceptors (Lipinski definition) is 7. The second-order valence-corrected chi connectivity index (χ2v) is 5.74. The molecule has 0 fully saturated rings. The number of thioether (sulfide) groups is 1. The van der Waals surface area contributed by atoms with Crippen LogP contribution in [0.3, 0.4) is 0 Å². The van der Waals surface area contributed by atoms with E-state index in [1.165, 1.54) is 11.8 Å². The molecule has 0 radical (unpaired) electrons. The van der Waals surface area contributed by atoms with Gasteiger partial charge in [-0.25, -0.2) is 0 Å². The minimum Gasteiger partial charge on any atom is -0.482 e. The van der Waals surface area contributed by atoms with E-state index in [0.29, 0.717) is 27.6 Å². The smallest absolute Gasteiger partial charge is 0.277 e. The van der Waals surface area contributed by atoms with Gasteiger partial charge in [-0.2, -0.15) is 0 Å². The average molecular weight is 338 g/mol. The second kappa shape index (κ2) is 6.85. The van der Waals surface area contributed by atoms with Crippen molar-refractivity contribution in [3.63, 3.8) is 0 Å². The number of aryl methyl sites for hydroxylation is 1. The Bertz CT molecular complexity index is 759. The highest BCUT2D eigenvalue weighted by Gasteiger charge is 2.10. The van der Waals surface area contributed by atoms with Crippen LogP contribution >= 0.6 is 23.4 Å². The highest BCUT2D eigenvalue weighted by molar-refractivity contribution is 7.98. The van der Waals surface area contributed by atoms with Crippen molar-refractivity contribution in [3.8, 4) is 5.75 Å². The van der Waals surface area contributed by atoms with E-state index in [9.17, 15) is 0 Å². The van der Waals surface area contributed by atoms with Crippen molar-refractivity contribution in [2.75, 3.05) is 0 Å². The summed E-state index contributed by atoms with van der Waals surface area (Å²) < 4.78 is 16.1. The van der Waals surface area contributed by atoms with Gasteiger partial charge in [-0.05, 0) is 19.1 Å². The summed E-state index contributed by atoms with van der Waals surface area (Å²) in [6.07, 6.45) is 0. The van der Waals surface area contributed by atoms with Crippen LogP contribution < -0.4 is 4.74 Å². The average Bonchev–Trinajstić information content (AvgIpc) is 3.13. The number of ether oxygens (including phenoxy) is 1. The zero-order chi connectivity index (χ0) is 15.4. The third-order valence-electron chi connectivity index (χ3n) is 2.65. The molecule has 0 aliphatic rings. The van der Waals surface area contributed by atoms with Gasteiger partial charge in [0.1, 0.15) is 11.5 Å². The highest BCUT2D eigenvalue weighted by Crippen LogP contribution is 2.25. The molecule has 0 unspecified atom stereocenters. The molecular formula is C14H12ClN3O3S. The maximum Gasteiger partial charge on any atom is 0.277 e. The summed E-state index contributed by atoms with van der Waals surface area (Å²) in [6, 6.07) is 9.08. The van der Waals surface area contributed by atoms with Crippen LogP contribution in [0, 0.1) is 6.92 Å². The van der Waals surface area contributed by atoms with Gasteiger partial charge in [-0.3, -0.25) is 0 Å². The lowest BCUT2D eigenvalue weighted by atomic mass is 10.3. The topological polar surface area (TPSA) is 74.2 Å². The molecular weight excluding hydrogens is 326 g/mol. The van der Waals surface area contributed by atoms with E-state index < -0.39 is 0 Å². The number of aromatic nitrogens is 3. The summed E-state index contributed by atoms with van der Waals surface area (Å²) in [4.78, 5) is 0. The molecule has 0 bridgehead atoms. The number of halogens is 1. The van der Waals surface area contributed by atoms with Gasteiger partial charge in [0, 0.05) is 6.07 Å². The van der Waals surface area contributed by atoms with Gasteiger partial charge in [0.15, 0.2) is 6.61 Å². The fraction of sp³-hybridized carbons (Fsp3) is 0.214. The van der Waals surface area contributed by atoms with Crippen molar-refractivity contribution >= 4 is 23.4 Å². The summed E-state index contributed by atoms with van der Waals surface area (Å²) in [5, 5.41) is 12.7. The molecule has 0 atom stereocenters. The number of rotatable bonds is 6. The third-order valence-corrected chi connectivity index (χ3v) is 3.80. The molecule has 2 aromatic heterocycles. The first kappa shape index (κ1) is 14.9. The van der Waals surface area contributed by atoms with Crippen LogP contribution in [0.2, 0.25) is 5.02 Å². The molecule has 8 heteroatoms. The Kier molecular flexibility index (Phi) is 4.65. The number of hydrogen-bond donors (Lipinski definition) is 0. The fourth-order valence-electron chi connectivity index (χ4n) is 1.67. The number of benzene rings is 1. The molecule has 0 saturated carbocycles. The Morgan fingerprint density at radius 1 is 1.27 bits per heavy atom. The Labute approximate surface area is 135 Å². The lowest BCUT2D eigenvalue weighted by molar-refractivity contribution is 0.252. The molecule has 0 saturated heterocycles. The molecule has 3 aromatic rings. The summed E-state index contributed by atoms with van der Waals surface area (Å²) in [5.74, 6) is 2.30. The molecule has 0 aliphatic heterocycles. The quantitative estimate of drug-likeness (QED) is 0.631. The molecule has 2 heterocycles. The third kappa shape index (κ3) is 3.80. The zero-order valence-corrected chi connectivity index (χ0v) is 13.2. The summed E-state index contributed by atoms with van der Waals surface area (Å²) in [6.45, 7) is 2.03. The van der Waals surface area contributed by atoms with Crippen LogP contribution in [0.15, 0.2) is 44.5 Å². The van der Waals surface area contributed by atoms with E-state index in [0.717, 1.165) is 11.5 Å². The van der Waals surface area contributed by atoms with E-state index in [2.05, 4.69) is 15.4 Å². The van der Waals surface area contributed by atoms with Crippen molar-refractivity contribution in [2.45, 2.75) is 24.5 Å². The normalized spacial score (nSPS) is 10.8. The Balaban J connectivity index is 1.54. The molecule has 6 nitrogen and oxygen atoms in total. The first-order chi connectivity index (χ1) is 10.7. The van der Waals surface area contributed by atoms with Crippen LogP contribution in [0.5, 0.6) is 5.75 Å². The Hall–Kier alpha value is -1.99. The van der Waals surface area contributed by atoms with Crippen molar-refractivity contribution in [1.82, 2.24) is 15.4 Å². The van der Waals surface area contributed by atoms with Gasteiger partial charge in [-0.15, -0.1) is 10.2 Å². The molecule has 0 N–H and O–H groups in total. The highest BCUT2D eigenvalue weighted by atomic mass is 35.5. The van der Waals surface area contributed by atoms with Crippen LogP contribution in [0.4, 0.5) is 0 Å². The van der Waals surface area contributed by atoms with Crippen molar-refractivity contribution in [1.29, 1.82) is 0 Å². The predicted octanol–water partition coefficient (Wildman–Crippen LogP) is 3.89. The van der Waals surface area contributed by atoms with Gasteiger partial charge in [-0.1, -0.05) is 40.7 Å². The van der Waals surface area contributed by atoms with E-state index in [-0.39, 0.29) is 6.61 Å². The molecule has 22 heavy (non-hydrogen) atoms. The van der Waals surface area contributed by atoms with Crippen molar-refractivity contribution in [2.24, 2.45) is 0 Å². The van der Waals surface area contributed by atoms with Crippen LogP contribution in [0.1, 0.15) is 17.3 Å². The largest absolute Gasteiger partial charge is 0.482 e. The van der Waals surface area contributed by atoms with Crippen LogP contribution in [-0.4, -0.2) is 15.4 Å². The first-order valence-corrected chi connectivity index (χ1v) is 7.82. The summed E-state index contributed by atoms with van der Waals surface area (Å²) >= 11 is 7.38. The predicted molar refractivity (Wildman–Crippen MR) is 80.9 cm³/mol. The molecule has 3 rings (SSSR count). The standard InChI is InChI=1S/C14H12ClN3O3S/c1-9-6-10(21-18-9)8-22-14-17-16-13(20-14)7-19-12-5-3-2-4-11(12)15/h2-6H,7-8H2,1H3. The fourth-order valence-corrected chi connectivity index (χ4v) is 2.52. The van der Waals surface area contributed by atoms with Gasteiger partial charge in [0.25, 0.3) is 11.1 Å². The summed E-state index contributed by atoms with van der Waals surface area (Å²) in [5.41, 5.74) is 0.843. The van der Waals surface area contributed by atoms with Crippen LogP contribution in [0.25, 0.3) is 0 Å². The molecule has 0 spiro atoms. The minimum atomic E-state index is 0.165. The minimum absolute atomic E-state index is 0.165. The maximum atomic E-state index is 6.00. The Morgan fingerprint density at radius 3 is 2.91 bits per heavy atom. The van der Waals surface area contributed by atoms with E-state index in [4.69, 9.17) is 25.3 Å². The van der Waals surface area contributed by atoms with Gasteiger partial charge in [0.05, 0.1) is 16.5 Å². The SMILES string of the molecule is Cc1cc(CSc2nnc(COc3ccccc3Cl)o2)on1. The molecule has 0 aliphatic carbocycles. The summed E-state index contributed by atoms with van der Waals surface area (Å²) in [7, 11) is 0. The number of para-hydroxylation sites is 1. The lowest BCUT2D eigenvalue weighted by Gasteiger charge is -2.04. The molecule has 114 valence electrons. The molecule has 0 amide bonds. The van der Waals surface area contributed by atoms with Gasteiger partial charge < -0.3 is 13.7 Å². The van der Waals surface area contributed by atoms with E-state index >= 15 is 0 Å². The number of nitrogens with zero attached hydrogens (tertiary/aromatic N) is 3. The van der Waals surface area contributed by atoms with Crippen LogP contribution in [-0.2, 0) is 12.4 Å². The van der Waals surface area contributed by atoms with Gasteiger partial charge in [0.2, 0.25) is 0 Å². The lowest BCUT2D eigenvalue weighted by Crippen LogP contribution is -1.95. The van der Waals surface area contributed by atoms with Crippen molar-refractivity contribution in [3.05, 3.63) is 52.7 Å². The maximum absolute atomic E-state index is 6.00. The van der Waals surface area contributed by atoms with Crippen molar-refractivity contribution < 1.29 is 13.7 Å². The monoisotopic (exact) mass is 337 g/mol. The zero-order valence-electron chi connectivity index (χ0n) is 11.7. The first-order valence-electron chi connectivity index (χ1n) is 6.45. The van der Waals surface area contributed by atoms with E-state index in [1.54, 1.807) is 12.1 Å². The van der Waals surface area contributed by atoms with E-state index in [1.807, 2.05) is 25.1 Å². The second-order valence-electron chi connectivity index (χ2n) is 4.40. The molecule has 1 aromatic carbocycles. The Morgan fingerprint density at radius 2 is 2.14 bits per heavy atom.